The van der Waals surface area contributed by atoms with E-state index in [9.17, 15) is 13.6 Å². The average Bonchev–Trinajstić information content (AvgIpc) is 2.51. The van der Waals surface area contributed by atoms with Crippen molar-refractivity contribution in [1.29, 1.82) is 0 Å². The largest absolute Gasteiger partial charge is 0.492 e. The maximum atomic E-state index is 13.5. The number of anilines is 1. The minimum atomic E-state index is -0.771. The van der Waals surface area contributed by atoms with Crippen molar-refractivity contribution in [3.63, 3.8) is 0 Å². The smallest absolute Gasteiger partial charge is 0.258 e. The summed E-state index contributed by atoms with van der Waals surface area (Å²) >= 11 is 0. The maximum Gasteiger partial charge on any atom is 0.258 e. The molecule has 0 unspecified atom stereocenters. The van der Waals surface area contributed by atoms with Gasteiger partial charge in [0.25, 0.3) is 5.91 Å². The van der Waals surface area contributed by atoms with Crippen LogP contribution in [0.15, 0.2) is 42.5 Å². The van der Waals surface area contributed by atoms with Crippen LogP contribution in [0.25, 0.3) is 0 Å². The van der Waals surface area contributed by atoms with E-state index < -0.39 is 17.5 Å². The number of likely N-dealkylation sites (N-methyl/N-ethyl adjacent to an activating group) is 1. The van der Waals surface area contributed by atoms with Crippen molar-refractivity contribution in [2.75, 3.05) is 32.6 Å². The van der Waals surface area contributed by atoms with Crippen LogP contribution in [0.2, 0.25) is 0 Å². The van der Waals surface area contributed by atoms with Gasteiger partial charge in [-0.15, -0.1) is 0 Å². The zero-order valence-corrected chi connectivity index (χ0v) is 13.0. The Kier molecular flexibility index (Phi) is 5.65. The molecule has 0 bridgehead atoms. The first-order valence-electron chi connectivity index (χ1n) is 7.09. The number of hydrogen-bond acceptors (Lipinski definition) is 3. The summed E-state index contributed by atoms with van der Waals surface area (Å²) in [6.45, 7) is 1.34. The molecule has 0 aliphatic heterocycles. The van der Waals surface area contributed by atoms with Gasteiger partial charge >= 0.3 is 0 Å². The van der Waals surface area contributed by atoms with Gasteiger partial charge in [0.2, 0.25) is 0 Å². The number of rotatable bonds is 6. The van der Waals surface area contributed by atoms with E-state index in [1.54, 1.807) is 24.3 Å². The van der Waals surface area contributed by atoms with Crippen molar-refractivity contribution in [2.45, 2.75) is 0 Å². The molecule has 23 heavy (non-hydrogen) atoms. The molecule has 0 aliphatic carbocycles. The Bertz CT molecular complexity index is 673. The van der Waals surface area contributed by atoms with Crippen LogP contribution in [0, 0.1) is 11.6 Å². The molecule has 0 radical (unpaired) electrons. The molecule has 2 rings (SSSR count). The predicted octanol–water partition coefficient (Wildman–Crippen LogP) is 3.16. The minimum absolute atomic E-state index is 0.337. The third kappa shape index (κ3) is 5.03. The molecule has 2 aromatic rings. The summed E-state index contributed by atoms with van der Waals surface area (Å²) in [6.07, 6.45) is 0. The van der Waals surface area contributed by atoms with Crippen LogP contribution in [0.5, 0.6) is 5.75 Å². The van der Waals surface area contributed by atoms with Crippen LogP contribution in [0.1, 0.15) is 10.4 Å². The van der Waals surface area contributed by atoms with E-state index in [2.05, 4.69) is 5.32 Å². The lowest BCUT2D eigenvalue weighted by Crippen LogP contribution is -2.19. The van der Waals surface area contributed by atoms with Gasteiger partial charge in [-0.2, -0.15) is 0 Å². The van der Waals surface area contributed by atoms with Gasteiger partial charge in [-0.3, -0.25) is 4.79 Å². The number of nitrogens with zero attached hydrogens (tertiary/aromatic N) is 1. The molecule has 0 saturated heterocycles. The molecule has 4 nitrogen and oxygen atoms in total. The molecular formula is C17H18F2N2O2. The average molecular weight is 320 g/mol. The number of carbonyl (C=O) groups excluding carboxylic acids is 1. The number of hydrogen-bond donors (Lipinski definition) is 1. The first-order chi connectivity index (χ1) is 11.0. The molecule has 0 fully saturated rings. The highest BCUT2D eigenvalue weighted by Gasteiger charge is 2.13. The van der Waals surface area contributed by atoms with Gasteiger partial charge in [0.15, 0.2) is 0 Å². The quantitative estimate of drug-likeness (QED) is 0.889. The number of halogens is 2. The van der Waals surface area contributed by atoms with Crippen molar-refractivity contribution < 1.29 is 18.3 Å². The summed E-state index contributed by atoms with van der Waals surface area (Å²) in [5.41, 5.74) is 0.134. The fourth-order valence-corrected chi connectivity index (χ4v) is 1.85. The Morgan fingerprint density at radius 1 is 1.13 bits per heavy atom. The molecule has 122 valence electrons. The van der Waals surface area contributed by atoms with E-state index in [1.807, 2.05) is 19.0 Å². The summed E-state index contributed by atoms with van der Waals surface area (Å²) in [6, 6.07) is 9.43. The normalized spacial score (nSPS) is 10.7. The molecule has 0 saturated carbocycles. The second-order valence-corrected chi connectivity index (χ2v) is 5.25. The molecule has 1 amide bonds. The Morgan fingerprint density at radius 2 is 1.83 bits per heavy atom. The predicted molar refractivity (Wildman–Crippen MR) is 84.8 cm³/mol. The second-order valence-electron chi connectivity index (χ2n) is 5.25. The summed E-state index contributed by atoms with van der Waals surface area (Å²) in [5.74, 6) is -1.47. The van der Waals surface area contributed by atoms with Crippen molar-refractivity contribution in [1.82, 2.24) is 4.90 Å². The van der Waals surface area contributed by atoms with Crippen LogP contribution in [0.4, 0.5) is 14.5 Å². The van der Waals surface area contributed by atoms with Gasteiger partial charge in [0.1, 0.15) is 24.0 Å². The van der Waals surface area contributed by atoms with Gasteiger partial charge in [-0.05, 0) is 56.6 Å². The topological polar surface area (TPSA) is 41.6 Å². The van der Waals surface area contributed by atoms with Gasteiger partial charge in [-0.25, -0.2) is 8.78 Å². The third-order valence-electron chi connectivity index (χ3n) is 3.09. The Morgan fingerprint density at radius 3 is 2.48 bits per heavy atom. The molecule has 2 aromatic carbocycles. The lowest BCUT2D eigenvalue weighted by atomic mass is 10.2. The summed E-state index contributed by atoms with van der Waals surface area (Å²) in [5, 5.41) is 2.52. The zero-order valence-electron chi connectivity index (χ0n) is 13.0. The standard InChI is InChI=1S/C17H18F2N2O2/c1-21(2)9-10-23-14-6-4-13(5-7-14)20-17(22)15-11-12(18)3-8-16(15)19/h3-8,11H,9-10H2,1-2H3,(H,20,22). The minimum Gasteiger partial charge on any atom is -0.492 e. The van der Waals surface area contributed by atoms with Gasteiger partial charge in [0, 0.05) is 12.2 Å². The first-order valence-corrected chi connectivity index (χ1v) is 7.09. The van der Waals surface area contributed by atoms with E-state index in [-0.39, 0.29) is 5.56 Å². The van der Waals surface area contributed by atoms with Crippen LogP contribution in [-0.2, 0) is 0 Å². The Hall–Kier alpha value is -2.47. The summed E-state index contributed by atoms with van der Waals surface area (Å²) < 4.78 is 32.2. The maximum absolute atomic E-state index is 13.5. The lowest BCUT2D eigenvalue weighted by molar-refractivity contribution is 0.102. The van der Waals surface area contributed by atoms with Crippen molar-refractivity contribution in [3.05, 3.63) is 59.7 Å². The van der Waals surface area contributed by atoms with E-state index in [0.717, 1.165) is 24.7 Å². The van der Waals surface area contributed by atoms with Crippen LogP contribution in [-0.4, -0.2) is 38.1 Å². The number of benzene rings is 2. The molecular weight excluding hydrogens is 302 g/mol. The fourth-order valence-electron chi connectivity index (χ4n) is 1.85. The number of ether oxygens (including phenoxy) is 1. The Balaban J connectivity index is 1.97. The second kappa shape index (κ2) is 7.69. The monoisotopic (exact) mass is 320 g/mol. The lowest BCUT2D eigenvalue weighted by Gasteiger charge is -2.11. The van der Waals surface area contributed by atoms with Crippen LogP contribution in [0.3, 0.4) is 0 Å². The number of carbonyl (C=O) groups is 1. The van der Waals surface area contributed by atoms with E-state index in [4.69, 9.17) is 4.74 Å². The highest BCUT2D eigenvalue weighted by Crippen LogP contribution is 2.17. The van der Waals surface area contributed by atoms with Crippen molar-refractivity contribution >= 4 is 11.6 Å². The molecule has 0 aromatic heterocycles. The summed E-state index contributed by atoms with van der Waals surface area (Å²) in [7, 11) is 3.90. The van der Waals surface area contributed by atoms with Gasteiger partial charge in [0.05, 0.1) is 5.56 Å². The van der Waals surface area contributed by atoms with E-state index >= 15 is 0 Å². The molecule has 0 atom stereocenters. The van der Waals surface area contributed by atoms with Crippen molar-refractivity contribution in [3.8, 4) is 5.75 Å². The van der Waals surface area contributed by atoms with Crippen molar-refractivity contribution in [2.24, 2.45) is 0 Å². The fraction of sp³-hybridized carbons (Fsp3) is 0.235. The highest BCUT2D eigenvalue weighted by atomic mass is 19.1. The van der Waals surface area contributed by atoms with Gasteiger partial charge < -0.3 is 15.0 Å². The van der Waals surface area contributed by atoms with E-state index in [0.29, 0.717) is 18.0 Å². The Labute approximate surface area is 133 Å². The third-order valence-corrected chi connectivity index (χ3v) is 3.09. The van der Waals surface area contributed by atoms with Gasteiger partial charge in [-0.1, -0.05) is 0 Å². The highest BCUT2D eigenvalue weighted by molar-refractivity contribution is 6.04. The zero-order chi connectivity index (χ0) is 16.8. The molecule has 1 N–H and O–H groups in total. The molecule has 6 heteroatoms. The van der Waals surface area contributed by atoms with E-state index in [1.165, 1.54) is 0 Å². The first kappa shape index (κ1) is 16.9. The van der Waals surface area contributed by atoms with Crippen LogP contribution < -0.4 is 10.1 Å². The summed E-state index contributed by atoms with van der Waals surface area (Å²) in [4.78, 5) is 14.0. The SMILES string of the molecule is CN(C)CCOc1ccc(NC(=O)c2cc(F)ccc2F)cc1. The van der Waals surface area contributed by atoms with Crippen LogP contribution >= 0.6 is 0 Å². The molecule has 0 aliphatic rings. The molecule has 0 spiro atoms. The molecule has 0 heterocycles. The number of amides is 1. The number of nitrogens with one attached hydrogen (secondary N) is 1.